The van der Waals surface area contributed by atoms with E-state index in [-0.39, 0.29) is 0 Å². The van der Waals surface area contributed by atoms with Gasteiger partial charge in [-0.2, -0.15) is 0 Å². The van der Waals surface area contributed by atoms with Crippen molar-refractivity contribution in [3.63, 3.8) is 0 Å². The number of aliphatic imine (C=N–C) groups is 1. The lowest BCUT2D eigenvalue weighted by Gasteiger charge is -2.16. The van der Waals surface area contributed by atoms with E-state index in [0.717, 1.165) is 37.8 Å². The summed E-state index contributed by atoms with van der Waals surface area (Å²) in [5, 5.41) is 6.80. The maximum absolute atomic E-state index is 4.62. The van der Waals surface area contributed by atoms with E-state index in [9.17, 15) is 0 Å². The molecule has 0 radical (unpaired) electrons. The maximum atomic E-state index is 4.62. The van der Waals surface area contributed by atoms with Crippen LogP contribution >= 0.6 is 0 Å². The fourth-order valence-electron chi connectivity index (χ4n) is 2.01. The fourth-order valence-corrected chi connectivity index (χ4v) is 2.01. The summed E-state index contributed by atoms with van der Waals surface area (Å²) in [6, 6.07) is 0.554. The Balaban J connectivity index is 1.72. The van der Waals surface area contributed by atoms with Crippen LogP contribution in [0.5, 0.6) is 0 Å². The van der Waals surface area contributed by atoms with Crippen molar-refractivity contribution in [2.75, 3.05) is 13.1 Å². The van der Waals surface area contributed by atoms with Crippen molar-refractivity contribution in [3.05, 3.63) is 12.2 Å². The van der Waals surface area contributed by atoms with Crippen LogP contribution in [0.3, 0.4) is 0 Å². The average Bonchev–Trinajstić information content (AvgIpc) is 2.95. The van der Waals surface area contributed by atoms with E-state index in [0.29, 0.717) is 6.04 Å². The molecule has 0 aliphatic heterocycles. The summed E-state index contributed by atoms with van der Waals surface area (Å²) in [6.45, 7) is 4.03. The van der Waals surface area contributed by atoms with Crippen LogP contribution in [0.1, 0.15) is 39.0 Å². The van der Waals surface area contributed by atoms with E-state index in [4.69, 9.17) is 0 Å². The molecule has 0 amide bonds. The Kier molecular flexibility index (Phi) is 4.25. The van der Waals surface area contributed by atoms with E-state index in [1.165, 1.54) is 19.3 Å². The summed E-state index contributed by atoms with van der Waals surface area (Å²) in [5.41, 5.74) is 0. The van der Waals surface area contributed by atoms with Crippen molar-refractivity contribution in [1.82, 2.24) is 10.6 Å². The first-order valence-electron chi connectivity index (χ1n) is 6.58. The highest BCUT2D eigenvalue weighted by molar-refractivity contribution is 5.80. The third-order valence-corrected chi connectivity index (χ3v) is 3.20. The molecule has 0 aromatic rings. The predicted molar refractivity (Wildman–Crippen MR) is 68.6 cm³/mol. The summed E-state index contributed by atoms with van der Waals surface area (Å²) < 4.78 is 0. The molecule has 0 atom stereocenters. The van der Waals surface area contributed by atoms with E-state index >= 15 is 0 Å². The topological polar surface area (TPSA) is 36.4 Å². The molecule has 0 aromatic carbocycles. The second-order valence-corrected chi connectivity index (χ2v) is 4.78. The first-order chi connectivity index (χ1) is 7.88. The minimum atomic E-state index is 0.554. The molecule has 0 aromatic heterocycles. The molecular weight excluding hydrogens is 198 g/mol. The molecule has 2 aliphatic carbocycles. The quantitative estimate of drug-likeness (QED) is 0.423. The molecule has 90 valence electrons. The summed E-state index contributed by atoms with van der Waals surface area (Å²) >= 11 is 0. The lowest BCUT2D eigenvalue weighted by atomic mass is 10.2. The van der Waals surface area contributed by atoms with Crippen molar-refractivity contribution in [3.8, 4) is 0 Å². The summed E-state index contributed by atoms with van der Waals surface area (Å²) in [7, 11) is 0. The van der Waals surface area contributed by atoms with Crippen molar-refractivity contribution < 1.29 is 0 Å². The van der Waals surface area contributed by atoms with Gasteiger partial charge in [0.1, 0.15) is 0 Å². The van der Waals surface area contributed by atoms with Gasteiger partial charge < -0.3 is 10.6 Å². The zero-order valence-corrected chi connectivity index (χ0v) is 10.2. The van der Waals surface area contributed by atoms with Gasteiger partial charge in [0.15, 0.2) is 5.96 Å². The highest BCUT2D eigenvalue weighted by Gasteiger charge is 2.20. The second-order valence-electron chi connectivity index (χ2n) is 4.78. The van der Waals surface area contributed by atoms with Gasteiger partial charge in [-0.25, -0.2) is 0 Å². The minimum Gasteiger partial charge on any atom is -0.357 e. The molecule has 0 bridgehead atoms. The molecule has 1 fully saturated rings. The van der Waals surface area contributed by atoms with E-state index in [1.54, 1.807) is 0 Å². The average molecular weight is 221 g/mol. The zero-order chi connectivity index (χ0) is 11.2. The largest absolute Gasteiger partial charge is 0.357 e. The molecule has 3 nitrogen and oxygen atoms in total. The lowest BCUT2D eigenvalue weighted by molar-refractivity contribution is 0.630. The number of hydrogen-bond acceptors (Lipinski definition) is 1. The molecule has 2 aliphatic rings. The third kappa shape index (κ3) is 3.87. The van der Waals surface area contributed by atoms with Gasteiger partial charge >= 0.3 is 0 Å². The molecule has 2 N–H and O–H groups in total. The molecule has 2 rings (SSSR count). The summed E-state index contributed by atoms with van der Waals surface area (Å²) in [6.07, 6.45) is 10.9. The SMILES string of the molecule is CCNC(=NCCC1CC1)NC1CC=CC1. The van der Waals surface area contributed by atoms with Gasteiger partial charge in [-0.3, -0.25) is 4.99 Å². The van der Waals surface area contributed by atoms with Gasteiger partial charge in [-0.15, -0.1) is 0 Å². The Labute approximate surface area is 98.4 Å². The van der Waals surface area contributed by atoms with E-state index < -0.39 is 0 Å². The Hall–Kier alpha value is -0.990. The van der Waals surface area contributed by atoms with Gasteiger partial charge in [0, 0.05) is 19.1 Å². The van der Waals surface area contributed by atoms with Crippen LogP contribution in [0.15, 0.2) is 17.1 Å². The lowest BCUT2D eigenvalue weighted by Crippen LogP contribution is -2.42. The van der Waals surface area contributed by atoms with Crippen LogP contribution in [-0.2, 0) is 0 Å². The van der Waals surface area contributed by atoms with Crippen LogP contribution in [0, 0.1) is 5.92 Å². The number of rotatable bonds is 5. The van der Waals surface area contributed by atoms with Crippen molar-refractivity contribution in [2.24, 2.45) is 10.9 Å². The number of guanidine groups is 1. The van der Waals surface area contributed by atoms with E-state index in [1.807, 2.05) is 0 Å². The van der Waals surface area contributed by atoms with Crippen molar-refractivity contribution in [2.45, 2.75) is 45.1 Å². The molecule has 0 unspecified atom stereocenters. The van der Waals surface area contributed by atoms with Crippen LogP contribution in [0.4, 0.5) is 0 Å². The Bertz CT molecular complexity index is 258. The van der Waals surface area contributed by atoms with Gasteiger partial charge in [-0.05, 0) is 32.1 Å². The van der Waals surface area contributed by atoms with Gasteiger partial charge in [0.25, 0.3) is 0 Å². The molecule has 1 saturated carbocycles. The Morgan fingerprint density at radius 3 is 2.69 bits per heavy atom. The first-order valence-corrected chi connectivity index (χ1v) is 6.58. The van der Waals surface area contributed by atoms with E-state index in [2.05, 4.69) is 34.7 Å². The molecule has 0 saturated heterocycles. The Morgan fingerprint density at radius 1 is 1.31 bits per heavy atom. The standard InChI is InChI=1S/C13H23N3/c1-2-14-13(15-10-9-11-7-8-11)16-12-5-3-4-6-12/h3-4,11-12H,2,5-10H2,1H3,(H2,14,15,16). The monoisotopic (exact) mass is 221 g/mol. The Morgan fingerprint density at radius 2 is 2.06 bits per heavy atom. The van der Waals surface area contributed by atoms with Crippen molar-refractivity contribution in [1.29, 1.82) is 0 Å². The summed E-state index contributed by atoms with van der Waals surface area (Å²) in [4.78, 5) is 4.62. The van der Waals surface area contributed by atoms with Crippen LogP contribution in [0.2, 0.25) is 0 Å². The van der Waals surface area contributed by atoms with Crippen molar-refractivity contribution >= 4 is 5.96 Å². The highest BCUT2D eigenvalue weighted by atomic mass is 15.2. The molecule has 3 heteroatoms. The number of nitrogens with zero attached hydrogens (tertiary/aromatic N) is 1. The molecular formula is C13H23N3. The zero-order valence-electron chi connectivity index (χ0n) is 10.2. The fraction of sp³-hybridized carbons (Fsp3) is 0.769. The van der Waals surface area contributed by atoms with Crippen LogP contribution in [0.25, 0.3) is 0 Å². The predicted octanol–water partition coefficient (Wildman–Crippen LogP) is 2.06. The van der Waals surface area contributed by atoms with Crippen LogP contribution < -0.4 is 10.6 Å². The first kappa shape index (κ1) is 11.5. The highest BCUT2D eigenvalue weighted by Crippen LogP contribution is 2.32. The molecule has 0 spiro atoms. The number of nitrogens with one attached hydrogen (secondary N) is 2. The van der Waals surface area contributed by atoms with Gasteiger partial charge in [-0.1, -0.05) is 25.0 Å². The third-order valence-electron chi connectivity index (χ3n) is 3.20. The van der Waals surface area contributed by atoms with Crippen LogP contribution in [-0.4, -0.2) is 25.1 Å². The second kappa shape index (κ2) is 5.92. The maximum Gasteiger partial charge on any atom is 0.191 e. The smallest absolute Gasteiger partial charge is 0.191 e. The van der Waals surface area contributed by atoms with Gasteiger partial charge in [0.05, 0.1) is 0 Å². The molecule has 16 heavy (non-hydrogen) atoms. The van der Waals surface area contributed by atoms with Gasteiger partial charge in [0.2, 0.25) is 0 Å². The summed E-state index contributed by atoms with van der Waals surface area (Å²) in [5.74, 6) is 1.97. The number of hydrogen-bond donors (Lipinski definition) is 2. The minimum absolute atomic E-state index is 0.554. The molecule has 0 heterocycles. The normalized spacial score (nSPS) is 21.4.